The van der Waals surface area contributed by atoms with Crippen LogP contribution in [-0.2, 0) is 0 Å². The van der Waals surface area contributed by atoms with Gasteiger partial charge in [-0.05, 0) is 33.9 Å². The number of rotatable bonds is 6. The SMILES string of the molecule is CCN1CCN(C(C)CC(C)(CO)NC)CC1. The van der Waals surface area contributed by atoms with Gasteiger partial charge in [0.25, 0.3) is 0 Å². The highest BCUT2D eigenvalue weighted by Crippen LogP contribution is 2.17. The molecule has 1 fully saturated rings. The Balaban J connectivity index is 2.41. The summed E-state index contributed by atoms with van der Waals surface area (Å²) >= 11 is 0. The van der Waals surface area contributed by atoms with Crippen molar-refractivity contribution < 1.29 is 5.11 Å². The summed E-state index contributed by atoms with van der Waals surface area (Å²) in [5.41, 5.74) is -0.151. The molecule has 0 spiro atoms. The van der Waals surface area contributed by atoms with Gasteiger partial charge < -0.3 is 15.3 Å². The Bertz CT molecular complexity index is 211. The fourth-order valence-corrected chi connectivity index (χ4v) is 2.55. The van der Waals surface area contributed by atoms with Gasteiger partial charge in [0.2, 0.25) is 0 Å². The number of nitrogens with one attached hydrogen (secondary N) is 1. The smallest absolute Gasteiger partial charge is 0.0611 e. The van der Waals surface area contributed by atoms with Crippen molar-refractivity contribution in [1.82, 2.24) is 15.1 Å². The number of hydrogen-bond acceptors (Lipinski definition) is 4. The van der Waals surface area contributed by atoms with Crippen molar-refractivity contribution in [3.05, 3.63) is 0 Å². The maximum absolute atomic E-state index is 9.42. The van der Waals surface area contributed by atoms with Gasteiger partial charge >= 0.3 is 0 Å². The van der Waals surface area contributed by atoms with Crippen molar-refractivity contribution in [2.24, 2.45) is 0 Å². The maximum Gasteiger partial charge on any atom is 0.0611 e. The summed E-state index contributed by atoms with van der Waals surface area (Å²) in [5.74, 6) is 0. The van der Waals surface area contributed by atoms with Gasteiger partial charge in [-0.1, -0.05) is 6.92 Å². The largest absolute Gasteiger partial charge is 0.394 e. The van der Waals surface area contributed by atoms with Crippen molar-refractivity contribution in [2.75, 3.05) is 46.4 Å². The predicted octanol–water partition coefficient (Wildman–Crippen LogP) is 0.373. The second-order valence-electron chi connectivity index (χ2n) is 5.49. The minimum atomic E-state index is -0.151. The molecule has 0 saturated carbocycles. The van der Waals surface area contributed by atoms with Crippen LogP contribution < -0.4 is 5.32 Å². The van der Waals surface area contributed by atoms with E-state index < -0.39 is 0 Å². The highest BCUT2D eigenvalue weighted by atomic mass is 16.3. The molecule has 0 aromatic heterocycles. The van der Waals surface area contributed by atoms with E-state index in [4.69, 9.17) is 0 Å². The Morgan fingerprint density at radius 1 is 1.29 bits per heavy atom. The highest BCUT2D eigenvalue weighted by molar-refractivity contribution is 4.87. The molecule has 2 atom stereocenters. The third-order valence-corrected chi connectivity index (χ3v) is 4.18. The van der Waals surface area contributed by atoms with E-state index >= 15 is 0 Å². The van der Waals surface area contributed by atoms with Gasteiger partial charge in [-0.3, -0.25) is 4.90 Å². The lowest BCUT2D eigenvalue weighted by molar-refractivity contribution is 0.0757. The lowest BCUT2D eigenvalue weighted by Gasteiger charge is -2.40. The molecule has 0 aliphatic carbocycles. The molecule has 1 rings (SSSR count). The molecule has 0 aromatic carbocycles. The molecule has 0 amide bonds. The molecule has 17 heavy (non-hydrogen) atoms. The molecule has 4 nitrogen and oxygen atoms in total. The van der Waals surface area contributed by atoms with Crippen molar-refractivity contribution in [1.29, 1.82) is 0 Å². The Kier molecular flexibility index (Phi) is 5.86. The summed E-state index contributed by atoms with van der Waals surface area (Å²) in [4.78, 5) is 5.03. The van der Waals surface area contributed by atoms with Gasteiger partial charge in [-0.2, -0.15) is 0 Å². The number of aliphatic hydroxyl groups is 1. The Morgan fingerprint density at radius 2 is 1.88 bits per heavy atom. The highest BCUT2D eigenvalue weighted by Gasteiger charge is 2.28. The minimum Gasteiger partial charge on any atom is -0.394 e. The second-order valence-corrected chi connectivity index (χ2v) is 5.49. The Hall–Kier alpha value is -0.160. The molecular weight excluding hydrogens is 214 g/mol. The third kappa shape index (κ3) is 4.21. The number of nitrogens with zero attached hydrogens (tertiary/aromatic N) is 2. The van der Waals surface area contributed by atoms with E-state index in [2.05, 4.69) is 35.9 Å². The van der Waals surface area contributed by atoms with Crippen LogP contribution in [0.2, 0.25) is 0 Å². The van der Waals surface area contributed by atoms with Gasteiger partial charge in [0, 0.05) is 37.8 Å². The van der Waals surface area contributed by atoms with E-state index in [1.165, 1.54) is 13.1 Å². The lowest BCUT2D eigenvalue weighted by atomic mass is 9.93. The number of hydrogen-bond donors (Lipinski definition) is 2. The summed E-state index contributed by atoms with van der Waals surface area (Å²) in [7, 11) is 1.93. The van der Waals surface area contributed by atoms with E-state index in [-0.39, 0.29) is 12.1 Å². The van der Waals surface area contributed by atoms with Crippen LogP contribution in [0.1, 0.15) is 27.2 Å². The quantitative estimate of drug-likeness (QED) is 0.707. The number of piperazine rings is 1. The van der Waals surface area contributed by atoms with Crippen LogP contribution in [-0.4, -0.2) is 72.9 Å². The third-order valence-electron chi connectivity index (χ3n) is 4.18. The molecule has 4 heteroatoms. The summed E-state index contributed by atoms with van der Waals surface area (Å²) in [5, 5.41) is 12.7. The van der Waals surface area contributed by atoms with Crippen LogP contribution in [0.3, 0.4) is 0 Å². The molecule has 2 unspecified atom stereocenters. The molecule has 0 bridgehead atoms. The molecule has 1 saturated heterocycles. The number of likely N-dealkylation sites (N-methyl/N-ethyl adjacent to an activating group) is 2. The maximum atomic E-state index is 9.42. The van der Waals surface area contributed by atoms with Crippen molar-refractivity contribution in [3.8, 4) is 0 Å². The zero-order valence-electron chi connectivity index (χ0n) is 11.9. The summed E-state index contributed by atoms with van der Waals surface area (Å²) < 4.78 is 0. The predicted molar refractivity (Wildman–Crippen MR) is 72.3 cm³/mol. The molecule has 0 aromatic rings. The van der Waals surface area contributed by atoms with Crippen LogP contribution in [0, 0.1) is 0 Å². The fourth-order valence-electron chi connectivity index (χ4n) is 2.55. The van der Waals surface area contributed by atoms with Crippen LogP contribution in [0.25, 0.3) is 0 Å². The summed E-state index contributed by atoms with van der Waals surface area (Å²) in [6, 6.07) is 0.526. The summed E-state index contributed by atoms with van der Waals surface area (Å²) in [6.45, 7) is 12.6. The van der Waals surface area contributed by atoms with Crippen LogP contribution in [0.15, 0.2) is 0 Å². The monoisotopic (exact) mass is 243 g/mol. The van der Waals surface area contributed by atoms with Crippen molar-refractivity contribution in [2.45, 2.75) is 38.8 Å². The lowest BCUT2D eigenvalue weighted by Crippen LogP contribution is -2.53. The minimum absolute atomic E-state index is 0.151. The van der Waals surface area contributed by atoms with E-state index in [1.54, 1.807) is 0 Å². The first-order chi connectivity index (χ1) is 8.04. The molecule has 0 radical (unpaired) electrons. The van der Waals surface area contributed by atoms with Crippen molar-refractivity contribution >= 4 is 0 Å². The van der Waals surface area contributed by atoms with E-state index in [1.807, 2.05) is 7.05 Å². The van der Waals surface area contributed by atoms with E-state index in [0.717, 1.165) is 26.1 Å². The molecular formula is C13H29N3O. The van der Waals surface area contributed by atoms with E-state index in [0.29, 0.717) is 6.04 Å². The first-order valence-corrected chi connectivity index (χ1v) is 6.81. The molecule has 1 aliphatic heterocycles. The number of aliphatic hydroxyl groups excluding tert-OH is 1. The average Bonchev–Trinajstić information content (AvgIpc) is 2.38. The van der Waals surface area contributed by atoms with Gasteiger partial charge in [0.15, 0.2) is 0 Å². The zero-order chi connectivity index (χ0) is 12.9. The molecule has 102 valence electrons. The standard InChI is InChI=1S/C13H29N3O/c1-5-15-6-8-16(9-7-15)12(2)10-13(3,11-17)14-4/h12,14,17H,5-11H2,1-4H3. The molecule has 1 heterocycles. The van der Waals surface area contributed by atoms with Crippen LogP contribution in [0.4, 0.5) is 0 Å². The Morgan fingerprint density at radius 3 is 2.29 bits per heavy atom. The van der Waals surface area contributed by atoms with Crippen LogP contribution in [0.5, 0.6) is 0 Å². The second kappa shape index (κ2) is 6.69. The fraction of sp³-hybridized carbons (Fsp3) is 1.00. The van der Waals surface area contributed by atoms with Gasteiger partial charge in [-0.15, -0.1) is 0 Å². The van der Waals surface area contributed by atoms with Crippen molar-refractivity contribution in [3.63, 3.8) is 0 Å². The summed E-state index contributed by atoms with van der Waals surface area (Å²) in [6.07, 6.45) is 0.992. The molecule has 1 aliphatic rings. The topological polar surface area (TPSA) is 38.7 Å². The first kappa shape index (κ1) is 14.9. The normalized spacial score (nSPS) is 24.5. The van der Waals surface area contributed by atoms with Gasteiger partial charge in [-0.25, -0.2) is 0 Å². The first-order valence-electron chi connectivity index (χ1n) is 6.81. The Labute approximate surface area is 106 Å². The molecule has 2 N–H and O–H groups in total. The van der Waals surface area contributed by atoms with Gasteiger partial charge in [0.05, 0.1) is 6.61 Å². The van der Waals surface area contributed by atoms with E-state index in [9.17, 15) is 5.11 Å². The van der Waals surface area contributed by atoms with Gasteiger partial charge in [0.1, 0.15) is 0 Å². The van der Waals surface area contributed by atoms with Crippen LogP contribution >= 0.6 is 0 Å². The average molecular weight is 243 g/mol. The zero-order valence-corrected chi connectivity index (χ0v) is 11.9.